The lowest BCUT2D eigenvalue weighted by molar-refractivity contribution is -0.0417. The fourth-order valence-electron chi connectivity index (χ4n) is 3.13. The summed E-state index contributed by atoms with van der Waals surface area (Å²) in [5, 5.41) is 5.46. The molecule has 2 saturated heterocycles. The van der Waals surface area contributed by atoms with Gasteiger partial charge in [0.15, 0.2) is 5.65 Å². The molecule has 0 saturated carbocycles. The van der Waals surface area contributed by atoms with Crippen LogP contribution in [0.2, 0.25) is 5.15 Å². The van der Waals surface area contributed by atoms with Gasteiger partial charge in [-0.3, -0.25) is 9.58 Å². The lowest BCUT2D eigenvalue weighted by atomic mass is 10.2. The van der Waals surface area contributed by atoms with Crippen molar-refractivity contribution in [2.24, 2.45) is 7.05 Å². The first kappa shape index (κ1) is 12.5. The molecule has 2 unspecified atom stereocenters. The molecule has 2 aliphatic rings. The number of nitrogens with zero attached hydrogens (tertiary/aromatic N) is 5. The fraction of sp³-hybridized carbons (Fsp3) is 0.615. The number of aromatic nitrogens is 4. The third kappa shape index (κ3) is 2.08. The van der Waals surface area contributed by atoms with E-state index < -0.39 is 0 Å². The fourth-order valence-corrected chi connectivity index (χ4v) is 3.36. The first-order valence-electron chi connectivity index (χ1n) is 6.91. The number of ether oxygens (including phenoxy) is 1. The Morgan fingerprint density at radius 1 is 1.30 bits per heavy atom. The number of fused-ring (bicyclic) bond motifs is 3. The van der Waals surface area contributed by atoms with Gasteiger partial charge in [0.1, 0.15) is 11.0 Å². The van der Waals surface area contributed by atoms with Crippen LogP contribution in [0.25, 0.3) is 11.0 Å². The summed E-state index contributed by atoms with van der Waals surface area (Å²) in [4.78, 5) is 11.3. The average molecular weight is 294 g/mol. The molecule has 4 rings (SSSR count). The van der Waals surface area contributed by atoms with Crippen LogP contribution in [-0.2, 0) is 18.3 Å². The van der Waals surface area contributed by atoms with Crippen molar-refractivity contribution in [3.8, 4) is 0 Å². The summed E-state index contributed by atoms with van der Waals surface area (Å²) in [6, 6.07) is 0. The number of aryl methyl sites for hydroxylation is 1. The molecule has 2 aliphatic heterocycles. The molecule has 2 bridgehead atoms. The molecule has 4 heterocycles. The first-order chi connectivity index (χ1) is 9.69. The van der Waals surface area contributed by atoms with Crippen LogP contribution in [0.5, 0.6) is 0 Å². The van der Waals surface area contributed by atoms with Gasteiger partial charge in [0.2, 0.25) is 0 Å². The SMILES string of the molecule is Cn1ncc2c(Cl)nc(CN3CC4CCC(C3)O4)nc21. The summed E-state index contributed by atoms with van der Waals surface area (Å²) in [7, 11) is 1.87. The molecule has 2 fully saturated rings. The van der Waals surface area contributed by atoms with E-state index in [4.69, 9.17) is 16.3 Å². The number of morpholine rings is 1. The topological polar surface area (TPSA) is 56.1 Å². The van der Waals surface area contributed by atoms with Crippen LogP contribution in [0.15, 0.2) is 6.20 Å². The zero-order valence-corrected chi connectivity index (χ0v) is 12.0. The molecular formula is C13H16ClN5O. The van der Waals surface area contributed by atoms with E-state index in [1.165, 1.54) is 12.8 Å². The van der Waals surface area contributed by atoms with Gasteiger partial charge in [-0.15, -0.1) is 0 Å². The van der Waals surface area contributed by atoms with Gasteiger partial charge in [-0.05, 0) is 12.8 Å². The second-order valence-corrected chi connectivity index (χ2v) is 5.95. The van der Waals surface area contributed by atoms with Crippen LogP contribution in [0.4, 0.5) is 0 Å². The highest BCUT2D eigenvalue weighted by molar-refractivity contribution is 6.33. The van der Waals surface area contributed by atoms with E-state index in [1.807, 2.05) is 7.05 Å². The third-order valence-corrected chi connectivity index (χ3v) is 4.36. The highest BCUT2D eigenvalue weighted by atomic mass is 35.5. The molecular weight excluding hydrogens is 278 g/mol. The van der Waals surface area contributed by atoms with E-state index >= 15 is 0 Å². The molecule has 2 aromatic rings. The molecule has 20 heavy (non-hydrogen) atoms. The Kier molecular flexibility index (Phi) is 2.90. The highest BCUT2D eigenvalue weighted by Gasteiger charge is 2.33. The van der Waals surface area contributed by atoms with Crippen molar-refractivity contribution >= 4 is 22.6 Å². The third-order valence-electron chi connectivity index (χ3n) is 4.08. The molecule has 2 aromatic heterocycles. The quantitative estimate of drug-likeness (QED) is 0.783. The Morgan fingerprint density at radius 3 is 2.80 bits per heavy atom. The van der Waals surface area contributed by atoms with E-state index in [0.29, 0.717) is 17.4 Å². The molecule has 0 spiro atoms. The van der Waals surface area contributed by atoms with Crippen molar-refractivity contribution in [3.05, 3.63) is 17.2 Å². The lowest BCUT2D eigenvalue weighted by Gasteiger charge is -2.31. The smallest absolute Gasteiger partial charge is 0.162 e. The zero-order chi connectivity index (χ0) is 13.7. The van der Waals surface area contributed by atoms with Crippen molar-refractivity contribution in [2.75, 3.05) is 13.1 Å². The van der Waals surface area contributed by atoms with Gasteiger partial charge in [-0.25, -0.2) is 9.97 Å². The molecule has 0 radical (unpaired) electrons. The number of halogens is 1. The summed E-state index contributed by atoms with van der Waals surface area (Å²) >= 11 is 6.22. The van der Waals surface area contributed by atoms with Crippen LogP contribution < -0.4 is 0 Å². The standard InChI is InChI=1S/C13H16ClN5O/c1-18-13-10(4-15-18)12(14)16-11(17-13)7-19-5-8-2-3-9(6-19)20-8/h4,8-9H,2-3,5-7H2,1H3. The number of hydrogen-bond donors (Lipinski definition) is 0. The number of rotatable bonds is 2. The predicted molar refractivity (Wildman–Crippen MR) is 74.5 cm³/mol. The van der Waals surface area contributed by atoms with E-state index in [0.717, 1.165) is 36.5 Å². The van der Waals surface area contributed by atoms with Crippen LogP contribution in [0.1, 0.15) is 18.7 Å². The summed E-state index contributed by atoms with van der Waals surface area (Å²) in [5.41, 5.74) is 0.788. The van der Waals surface area contributed by atoms with Crippen LogP contribution in [-0.4, -0.2) is 49.9 Å². The Morgan fingerprint density at radius 2 is 2.05 bits per heavy atom. The highest BCUT2D eigenvalue weighted by Crippen LogP contribution is 2.27. The second-order valence-electron chi connectivity index (χ2n) is 5.59. The van der Waals surface area contributed by atoms with Crippen LogP contribution >= 0.6 is 11.6 Å². The minimum Gasteiger partial charge on any atom is -0.372 e. The second kappa shape index (κ2) is 4.65. The monoisotopic (exact) mass is 293 g/mol. The number of likely N-dealkylation sites (tertiary alicyclic amines) is 1. The Labute approximate surface area is 121 Å². The van der Waals surface area contributed by atoms with Gasteiger partial charge in [-0.1, -0.05) is 11.6 Å². The summed E-state index contributed by atoms with van der Waals surface area (Å²) in [5.74, 6) is 0.757. The molecule has 0 aliphatic carbocycles. The average Bonchev–Trinajstić information content (AvgIpc) is 2.94. The van der Waals surface area contributed by atoms with Gasteiger partial charge in [-0.2, -0.15) is 5.10 Å². The minimum absolute atomic E-state index is 0.379. The summed E-state index contributed by atoms with van der Waals surface area (Å²) in [6.07, 6.45) is 4.80. The summed E-state index contributed by atoms with van der Waals surface area (Å²) < 4.78 is 7.57. The molecule has 6 nitrogen and oxygen atoms in total. The molecule has 0 aromatic carbocycles. The number of hydrogen-bond acceptors (Lipinski definition) is 5. The zero-order valence-electron chi connectivity index (χ0n) is 11.3. The normalized spacial score (nSPS) is 26.5. The van der Waals surface area contributed by atoms with E-state index in [9.17, 15) is 0 Å². The largest absolute Gasteiger partial charge is 0.372 e. The minimum atomic E-state index is 0.379. The Bertz CT molecular complexity index is 645. The maximum atomic E-state index is 6.22. The van der Waals surface area contributed by atoms with E-state index in [1.54, 1.807) is 10.9 Å². The maximum Gasteiger partial charge on any atom is 0.162 e. The summed E-state index contributed by atoms with van der Waals surface area (Å²) in [6.45, 7) is 2.64. The van der Waals surface area contributed by atoms with Gasteiger partial charge in [0.25, 0.3) is 0 Å². The van der Waals surface area contributed by atoms with Crippen LogP contribution in [0.3, 0.4) is 0 Å². The van der Waals surface area contributed by atoms with Crippen molar-refractivity contribution in [1.82, 2.24) is 24.6 Å². The molecule has 0 N–H and O–H groups in total. The Balaban J connectivity index is 1.60. The van der Waals surface area contributed by atoms with Gasteiger partial charge in [0, 0.05) is 20.1 Å². The van der Waals surface area contributed by atoms with Gasteiger partial charge >= 0.3 is 0 Å². The predicted octanol–water partition coefficient (Wildman–Crippen LogP) is 1.38. The van der Waals surface area contributed by atoms with E-state index in [2.05, 4.69) is 20.0 Å². The first-order valence-corrected chi connectivity index (χ1v) is 7.29. The van der Waals surface area contributed by atoms with Crippen molar-refractivity contribution < 1.29 is 4.74 Å². The van der Waals surface area contributed by atoms with E-state index in [-0.39, 0.29) is 0 Å². The Hall–Kier alpha value is -1.24. The van der Waals surface area contributed by atoms with Gasteiger partial charge < -0.3 is 4.74 Å². The molecule has 7 heteroatoms. The van der Waals surface area contributed by atoms with Crippen LogP contribution in [0, 0.1) is 0 Å². The molecule has 0 amide bonds. The maximum absolute atomic E-state index is 6.22. The van der Waals surface area contributed by atoms with Crippen molar-refractivity contribution in [3.63, 3.8) is 0 Å². The molecule has 106 valence electrons. The lowest BCUT2D eigenvalue weighted by Crippen LogP contribution is -2.42. The van der Waals surface area contributed by atoms with Crippen molar-refractivity contribution in [1.29, 1.82) is 0 Å². The molecule has 2 atom stereocenters. The van der Waals surface area contributed by atoms with Crippen molar-refractivity contribution in [2.45, 2.75) is 31.6 Å². The van der Waals surface area contributed by atoms with Gasteiger partial charge in [0.05, 0.1) is 30.3 Å².